The van der Waals surface area contributed by atoms with E-state index in [1.807, 2.05) is 13.0 Å². The third-order valence-corrected chi connectivity index (χ3v) is 1.12. The second kappa shape index (κ2) is 7.96. The molecule has 0 bridgehead atoms. The summed E-state index contributed by atoms with van der Waals surface area (Å²) in [6, 6.07) is 0. The minimum atomic E-state index is 0. The monoisotopic (exact) mass is 160 g/mol. The molecule has 0 nitrogen and oxygen atoms in total. The minimum Gasteiger partial charge on any atom is -0.336 e. The Morgan fingerprint density at radius 1 is 1.50 bits per heavy atom. The average Bonchev–Trinajstić information content (AvgIpc) is 1.82. The van der Waals surface area contributed by atoms with E-state index in [0.717, 1.165) is 5.57 Å². The standard InChI is InChI=1S/C9H13.K/c1-5-7-9(6-2)8(3)4;/h5-8H,1-3H2,4H3;/q-1;+1/b9-7+;. The second-order valence-electron chi connectivity index (χ2n) is 2.01. The van der Waals surface area contributed by atoms with Crippen LogP contribution in [0.25, 0.3) is 0 Å². The Balaban J connectivity index is 0. The summed E-state index contributed by atoms with van der Waals surface area (Å²) in [7, 11) is 0. The van der Waals surface area contributed by atoms with E-state index in [1.165, 1.54) is 0 Å². The molecule has 0 saturated heterocycles. The number of hydrogen-bond donors (Lipinski definition) is 0. The maximum Gasteiger partial charge on any atom is 1.00 e. The summed E-state index contributed by atoms with van der Waals surface area (Å²) in [5.74, 6) is 0.306. The third-order valence-electron chi connectivity index (χ3n) is 1.12. The van der Waals surface area contributed by atoms with Gasteiger partial charge in [0.2, 0.25) is 0 Å². The Hall–Kier alpha value is 0.856. The average molecular weight is 160 g/mol. The molecule has 0 aliphatic heterocycles. The molecule has 0 rings (SSSR count). The minimum absolute atomic E-state index is 0. The van der Waals surface area contributed by atoms with Crippen molar-refractivity contribution in [3.8, 4) is 0 Å². The summed E-state index contributed by atoms with van der Waals surface area (Å²) < 4.78 is 0. The smallest absolute Gasteiger partial charge is 0.336 e. The Morgan fingerprint density at radius 3 is 2.10 bits per heavy atom. The molecular formula is C9H13K. The van der Waals surface area contributed by atoms with E-state index < -0.39 is 0 Å². The van der Waals surface area contributed by atoms with Gasteiger partial charge in [0.25, 0.3) is 0 Å². The van der Waals surface area contributed by atoms with Crippen molar-refractivity contribution in [1.82, 2.24) is 0 Å². The first-order valence-corrected chi connectivity index (χ1v) is 3.00. The van der Waals surface area contributed by atoms with Crippen molar-refractivity contribution in [2.75, 3.05) is 0 Å². The molecule has 0 aromatic carbocycles. The summed E-state index contributed by atoms with van der Waals surface area (Å²) in [6.45, 7) is 13.1. The van der Waals surface area contributed by atoms with Crippen molar-refractivity contribution in [2.24, 2.45) is 5.92 Å². The van der Waals surface area contributed by atoms with Crippen molar-refractivity contribution in [3.05, 3.63) is 43.9 Å². The third kappa shape index (κ3) is 5.63. The van der Waals surface area contributed by atoms with Crippen molar-refractivity contribution >= 4 is 0 Å². The fourth-order valence-electron chi connectivity index (χ4n) is 0.570. The van der Waals surface area contributed by atoms with Crippen molar-refractivity contribution in [2.45, 2.75) is 6.92 Å². The van der Waals surface area contributed by atoms with Gasteiger partial charge in [-0.3, -0.25) is 0 Å². The molecule has 0 heterocycles. The van der Waals surface area contributed by atoms with Crippen LogP contribution >= 0.6 is 0 Å². The predicted octanol–water partition coefficient (Wildman–Crippen LogP) is -0.241. The van der Waals surface area contributed by atoms with Crippen LogP contribution in [0.15, 0.2) is 37.0 Å². The van der Waals surface area contributed by atoms with Crippen molar-refractivity contribution < 1.29 is 51.4 Å². The zero-order chi connectivity index (χ0) is 7.28. The van der Waals surface area contributed by atoms with Gasteiger partial charge in [-0.2, -0.15) is 0 Å². The Labute approximate surface area is 107 Å². The summed E-state index contributed by atoms with van der Waals surface area (Å²) >= 11 is 0. The predicted molar refractivity (Wildman–Crippen MR) is 43.0 cm³/mol. The molecule has 0 spiro atoms. The van der Waals surface area contributed by atoms with Crippen LogP contribution < -0.4 is 51.4 Å². The summed E-state index contributed by atoms with van der Waals surface area (Å²) in [5.41, 5.74) is 1.13. The molecule has 10 heavy (non-hydrogen) atoms. The van der Waals surface area contributed by atoms with Gasteiger partial charge in [0, 0.05) is 0 Å². The van der Waals surface area contributed by atoms with Crippen LogP contribution in [0.5, 0.6) is 0 Å². The molecule has 1 heteroatoms. The Morgan fingerprint density at radius 2 is 2.00 bits per heavy atom. The quantitative estimate of drug-likeness (QED) is 0.304. The molecule has 0 radical (unpaired) electrons. The van der Waals surface area contributed by atoms with Crippen LogP contribution in [-0.4, -0.2) is 0 Å². The van der Waals surface area contributed by atoms with Gasteiger partial charge in [0.15, 0.2) is 0 Å². The van der Waals surface area contributed by atoms with E-state index in [4.69, 9.17) is 0 Å². The molecular weight excluding hydrogens is 147 g/mol. The van der Waals surface area contributed by atoms with Gasteiger partial charge in [-0.15, -0.1) is 5.92 Å². The van der Waals surface area contributed by atoms with Gasteiger partial charge in [-0.1, -0.05) is 43.9 Å². The van der Waals surface area contributed by atoms with Gasteiger partial charge in [-0.05, 0) is 0 Å². The maximum atomic E-state index is 3.84. The van der Waals surface area contributed by atoms with Crippen LogP contribution in [0.2, 0.25) is 0 Å². The first-order valence-electron chi connectivity index (χ1n) is 3.00. The van der Waals surface area contributed by atoms with E-state index in [0.29, 0.717) is 5.92 Å². The number of allylic oxidation sites excluding steroid dienone is 4. The normalized spacial score (nSPS) is 13.2. The van der Waals surface area contributed by atoms with E-state index in [1.54, 1.807) is 12.2 Å². The topological polar surface area (TPSA) is 0 Å². The van der Waals surface area contributed by atoms with Gasteiger partial charge >= 0.3 is 51.4 Å². The van der Waals surface area contributed by atoms with E-state index in [-0.39, 0.29) is 51.4 Å². The summed E-state index contributed by atoms with van der Waals surface area (Å²) in [6.07, 6.45) is 5.47. The molecule has 0 aromatic rings. The van der Waals surface area contributed by atoms with Gasteiger partial charge in [0.05, 0.1) is 0 Å². The van der Waals surface area contributed by atoms with E-state index in [9.17, 15) is 0 Å². The number of hydrogen-bond acceptors (Lipinski definition) is 0. The van der Waals surface area contributed by atoms with Gasteiger partial charge in [-0.25, -0.2) is 0 Å². The fraction of sp³-hybridized carbons (Fsp3) is 0.222. The van der Waals surface area contributed by atoms with Gasteiger partial charge < -0.3 is 6.92 Å². The first kappa shape index (κ1) is 13.4. The second-order valence-corrected chi connectivity index (χ2v) is 2.01. The van der Waals surface area contributed by atoms with Crippen molar-refractivity contribution in [1.29, 1.82) is 0 Å². The van der Waals surface area contributed by atoms with Gasteiger partial charge in [0.1, 0.15) is 0 Å². The first-order chi connectivity index (χ1) is 4.22. The van der Waals surface area contributed by atoms with E-state index >= 15 is 0 Å². The zero-order valence-corrected chi connectivity index (χ0v) is 10.1. The molecule has 0 aromatic heterocycles. The van der Waals surface area contributed by atoms with Crippen LogP contribution in [0.3, 0.4) is 0 Å². The molecule has 50 valence electrons. The SMILES string of the molecule is C=C/C=C(\C=C)C([CH2-])C.[K+]. The molecule has 1 unspecified atom stereocenters. The molecule has 0 aliphatic rings. The fourth-order valence-corrected chi connectivity index (χ4v) is 0.570. The molecule has 0 fully saturated rings. The zero-order valence-electron chi connectivity index (χ0n) is 6.93. The summed E-state index contributed by atoms with van der Waals surface area (Å²) in [4.78, 5) is 0. The number of rotatable bonds is 3. The Kier molecular flexibility index (Phi) is 10.7. The summed E-state index contributed by atoms with van der Waals surface area (Å²) in [5, 5.41) is 0. The Bertz CT molecular complexity index is 132. The molecule has 0 aliphatic carbocycles. The molecule has 1 atom stereocenters. The van der Waals surface area contributed by atoms with E-state index in [2.05, 4.69) is 20.1 Å². The van der Waals surface area contributed by atoms with Crippen LogP contribution in [0.4, 0.5) is 0 Å². The largest absolute Gasteiger partial charge is 1.00 e. The van der Waals surface area contributed by atoms with Crippen LogP contribution in [0.1, 0.15) is 6.92 Å². The molecule has 0 saturated carbocycles. The molecule has 0 amide bonds. The van der Waals surface area contributed by atoms with Crippen molar-refractivity contribution in [3.63, 3.8) is 0 Å². The molecule has 0 N–H and O–H groups in total. The maximum absolute atomic E-state index is 3.84. The van der Waals surface area contributed by atoms with Crippen LogP contribution in [0, 0.1) is 12.8 Å². The van der Waals surface area contributed by atoms with Crippen LogP contribution in [-0.2, 0) is 0 Å².